The lowest BCUT2D eigenvalue weighted by molar-refractivity contribution is -0.121. The van der Waals surface area contributed by atoms with Gasteiger partial charge >= 0.3 is 0 Å². The number of hydrogen-bond acceptors (Lipinski definition) is 4. The highest BCUT2D eigenvalue weighted by Gasteiger charge is 2.36. The van der Waals surface area contributed by atoms with E-state index in [2.05, 4.69) is 12.2 Å². The van der Waals surface area contributed by atoms with Crippen molar-refractivity contribution in [1.82, 2.24) is 5.32 Å². The first-order valence-corrected chi connectivity index (χ1v) is 7.12. The summed E-state index contributed by atoms with van der Waals surface area (Å²) in [7, 11) is 1.51. The van der Waals surface area contributed by atoms with Crippen LogP contribution in [0, 0.1) is 5.92 Å². The minimum absolute atomic E-state index is 0.0853. The maximum atomic E-state index is 11.6. The van der Waals surface area contributed by atoms with Gasteiger partial charge in [-0.1, -0.05) is 6.92 Å². The molecular weight excluding hydrogens is 258 g/mol. The van der Waals surface area contributed by atoms with E-state index < -0.39 is 6.10 Å². The average molecular weight is 281 g/mol. The summed E-state index contributed by atoms with van der Waals surface area (Å²) in [5, 5.41) is 12.1. The van der Waals surface area contributed by atoms with Gasteiger partial charge in [0, 0.05) is 32.4 Å². The van der Waals surface area contributed by atoms with E-state index in [1.165, 1.54) is 13.5 Å². The van der Waals surface area contributed by atoms with Crippen LogP contribution in [0.1, 0.15) is 37.2 Å². The fourth-order valence-electron chi connectivity index (χ4n) is 2.25. The van der Waals surface area contributed by atoms with Crippen LogP contribution in [0.3, 0.4) is 0 Å². The topological polar surface area (TPSA) is 71.7 Å². The van der Waals surface area contributed by atoms with Gasteiger partial charge in [-0.3, -0.25) is 4.79 Å². The van der Waals surface area contributed by atoms with E-state index in [0.717, 1.165) is 17.4 Å². The molecule has 1 aliphatic carbocycles. The van der Waals surface area contributed by atoms with Gasteiger partial charge in [-0.2, -0.15) is 0 Å². The van der Waals surface area contributed by atoms with E-state index in [1.54, 1.807) is 0 Å². The molecule has 20 heavy (non-hydrogen) atoms. The van der Waals surface area contributed by atoms with Crippen molar-refractivity contribution in [2.75, 3.05) is 20.3 Å². The summed E-state index contributed by atoms with van der Waals surface area (Å²) in [5.74, 6) is 3.11. The van der Waals surface area contributed by atoms with E-state index >= 15 is 0 Å². The van der Waals surface area contributed by atoms with Gasteiger partial charge in [-0.05, 0) is 24.5 Å². The zero-order chi connectivity index (χ0) is 14.5. The number of aliphatic hydroxyl groups is 1. The van der Waals surface area contributed by atoms with Crippen LogP contribution in [0.25, 0.3) is 0 Å². The Labute approximate surface area is 119 Å². The molecule has 2 rings (SSSR count). The molecule has 1 fully saturated rings. The maximum absolute atomic E-state index is 11.6. The molecule has 1 saturated carbocycles. The summed E-state index contributed by atoms with van der Waals surface area (Å²) in [4.78, 5) is 11.6. The van der Waals surface area contributed by atoms with Gasteiger partial charge in [0.1, 0.15) is 11.5 Å². The summed E-state index contributed by atoms with van der Waals surface area (Å²) in [6.45, 7) is 2.66. The molecule has 112 valence electrons. The molecule has 5 heteroatoms. The quantitative estimate of drug-likeness (QED) is 0.756. The molecule has 0 spiro atoms. The molecule has 0 aliphatic heterocycles. The first-order chi connectivity index (χ1) is 9.60. The van der Waals surface area contributed by atoms with Crippen LogP contribution in [-0.4, -0.2) is 37.4 Å². The predicted molar refractivity (Wildman–Crippen MR) is 74.4 cm³/mol. The Balaban J connectivity index is 1.66. The summed E-state index contributed by atoms with van der Waals surface area (Å²) in [6, 6.07) is 3.97. The Bertz CT molecular complexity index is 443. The first kappa shape index (κ1) is 15.1. The number of carbonyl (C=O) groups is 1. The average Bonchev–Trinajstić information content (AvgIpc) is 2.97. The number of amides is 1. The van der Waals surface area contributed by atoms with Crippen LogP contribution in [0.2, 0.25) is 0 Å². The second kappa shape index (κ2) is 6.90. The lowest BCUT2D eigenvalue weighted by Gasteiger charge is -2.10. The van der Waals surface area contributed by atoms with Crippen molar-refractivity contribution in [3.63, 3.8) is 0 Å². The van der Waals surface area contributed by atoms with E-state index in [4.69, 9.17) is 9.15 Å². The molecule has 0 saturated heterocycles. The highest BCUT2D eigenvalue weighted by Crippen LogP contribution is 2.47. The molecule has 0 aromatic carbocycles. The smallest absolute Gasteiger partial charge is 0.220 e. The van der Waals surface area contributed by atoms with Crippen molar-refractivity contribution in [3.05, 3.63) is 23.7 Å². The number of methoxy groups -OCH3 is 1. The standard InChI is InChI=1S/C15H23NO4/c1-10-7-13(10)14-5-3-12(20-14)4-6-15(18)16-8-11(17)9-19-2/h3,5,10-11,13,17H,4,6-9H2,1-2H3,(H,16,18). The molecule has 1 aromatic rings. The monoisotopic (exact) mass is 281 g/mol. The van der Waals surface area contributed by atoms with Gasteiger partial charge in [0.05, 0.1) is 12.7 Å². The highest BCUT2D eigenvalue weighted by atomic mass is 16.5. The summed E-state index contributed by atoms with van der Waals surface area (Å²) < 4.78 is 10.5. The molecule has 3 unspecified atom stereocenters. The molecule has 1 aliphatic rings. The molecule has 0 bridgehead atoms. The van der Waals surface area contributed by atoms with Gasteiger partial charge in [0.15, 0.2) is 0 Å². The fraction of sp³-hybridized carbons (Fsp3) is 0.667. The maximum Gasteiger partial charge on any atom is 0.220 e. The number of rotatable bonds is 8. The van der Waals surface area contributed by atoms with Crippen LogP contribution in [0.4, 0.5) is 0 Å². The third-order valence-electron chi connectivity index (χ3n) is 3.65. The Morgan fingerprint density at radius 1 is 1.60 bits per heavy atom. The third kappa shape index (κ3) is 4.35. The lowest BCUT2D eigenvalue weighted by Crippen LogP contribution is -2.34. The minimum Gasteiger partial charge on any atom is -0.466 e. The van der Waals surface area contributed by atoms with Crippen molar-refractivity contribution in [3.8, 4) is 0 Å². The zero-order valence-electron chi connectivity index (χ0n) is 12.1. The highest BCUT2D eigenvalue weighted by molar-refractivity contribution is 5.76. The van der Waals surface area contributed by atoms with E-state index in [9.17, 15) is 9.90 Å². The normalized spacial score (nSPS) is 22.6. The molecule has 2 N–H and O–H groups in total. The van der Waals surface area contributed by atoms with Gasteiger partial charge in [-0.25, -0.2) is 0 Å². The summed E-state index contributed by atoms with van der Waals surface area (Å²) >= 11 is 0. The van der Waals surface area contributed by atoms with E-state index in [1.807, 2.05) is 12.1 Å². The number of furan rings is 1. The zero-order valence-corrected chi connectivity index (χ0v) is 12.1. The van der Waals surface area contributed by atoms with Crippen molar-refractivity contribution >= 4 is 5.91 Å². The molecule has 1 aromatic heterocycles. The van der Waals surface area contributed by atoms with Gasteiger partial charge in [0.2, 0.25) is 5.91 Å². The largest absolute Gasteiger partial charge is 0.466 e. The number of nitrogens with one attached hydrogen (secondary N) is 1. The molecule has 1 heterocycles. The van der Waals surface area contributed by atoms with E-state index in [0.29, 0.717) is 18.8 Å². The van der Waals surface area contributed by atoms with Crippen LogP contribution in [0.15, 0.2) is 16.5 Å². The lowest BCUT2D eigenvalue weighted by atomic mass is 10.2. The summed E-state index contributed by atoms with van der Waals surface area (Å²) in [6.07, 6.45) is 1.50. The first-order valence-electron chi connectivity index (χ1n) is 7.12. The molecule has 0 radical (unpaired) electrons. The molecular formula is C15H23NO4. The molecule has 5 nitrogen and oxygen atoms in total. The SMILES string of the molecule is COCC(O)CNC(=O)CCc1ccc(C2CC2C)o1. The Hall–Kier alpha value is -1.33. The fourth-order valence-corrected chi connectivity index (χ4v) is 2.25. The third-order valence-corrected chi connectivity index (χ3v) is 3.65. The van der Waals surface area contributed by atoms with E-state index in [-0.39, 0.29) is 19.1 Å². The molecule has 1 amide bonds. The number of hydrogen-bond donors (Lipinski definition) is 2. The van der Waals surface area contributed by atoms with Crippen LogP contribution < -0.4 is 5.32 Å². The second-order valence-corrected chi connectivity index (χ2v) is 5.54. The van der Waals surface area contributed by atoms with Gasteiger partial charge < -0.3 is 19.6 Å². The van der Waals surface area contributed by atoms with Crippen molar-refractivity contribution in [1.29, 1.82) is 0 Å². The Morgan fingerprint density at radius 2 is 2.35 bits per heavy atom. The van der Waals surface area contributed by atoms with Crippen LogP contribution in [0.5, 0.6) is 0 Å². The predicted octanol–water partition coefficient (Wildman–Crippen LogP) is 1.46. The summed E-state index contributed by atoms with van der Waals surface area (Å²) in [5.41, 5.74) is 0. The number of carbonyl (C=O) groups excluding carboxylic acids is 1. The Morgan fingerprint density at radius 3 is 3.00 bits per heavy atom. The van der Waals surface area contributed by atoms with Crippen molar-refractivity contribution < 1.29 is 19.1 Å². The van der Waals surface area contributed by atoms with Crippen molar-refractivity contribution in [2.45, 2.75) is 38.2 Å². The van der Waals surface area contributed by atoms with Crippen LogP contribution in [-0.2, 0) is 16.0 Å². The number of aryl methyl sites for hydroxylation is 1. The van der Waals surface area contributed by atoms with Gasteiger partial charge in [-0.15, -0.1) is 0 Å². The Kier molecular flexibility index (Phi) is 5.20. The number of ether oxygens (including phenoxy) is 1. The number of aliphatic hydroxyl groups excluding tert-OH is 1. The van der Waals surface area contributed by atoms with Crippen LogP contribution >= 0.6 is 0 Å². The van der Waals surface area contributed by atoms with Crippen molar-refractivity contribution in [2.24, 2.45) is 5.92 Å². The molecule has 3 atom stereocenters. The van der Waals surface area contributed by atoms with Gasteiger partial charge in [0.25, 0.3) is 0 Å². The minimum atomic E-state index is -0.657. The second-order valence-electron chi connectivity index (χ2n) is 5.54.